The molecule has 1 saturated heterocycles. The molecule has 0 aromatic carbocycles. The summed E-state index contributed by atoms with van der Waals surface area (Å²) in [6.07, 6.45) is 0.879. The van der Waals surface area contributed by atoms with Crippen LogP contribution in [0, 0.1) is 23.2 Å². The van der Waals surface area contributed by atoms with Gasteiger partial charge in [0.05, 0.1) is 17.7 Å². The van der Waals surface area contributed by atoms with Gasteiger partial charge in [0.25, 0.3) is 5.91 Å². The van der Waals surface area contributed by atoms with Crippen molar-refractivity contribution < 1.29 is 38.4 Å². The summed E-state index contributed by atoms with van der Waals surface area (Å²) in [4.78, 5) is 48.9. The summed E-state index contributed by atoms with van der Waals surface area (Å²) in [6.45, 7) is 6.15. The van der Waals surface area contributed by atoms with Crippen molar-refractivity contribution in [2.24, 2.45) is 33.3 Å². The van der Waals surface area contributed by atoms with Gasteiger partial charge in [-0.2, -0.15) is 10.3 Å². The Labute approximate surface area is 250 Å². The molecular weight excluding hydrogens is 560 g/mol. The second kappa shape index (κ2) is 14.2. The molecule has 1 aliphatic heterocycles. The number of aliphatic hydroxyl groups excluding tert-OH is 1. The number of carbonyl (C=O) groups excluding carboxylic acids is 3. The number of carbonyl (C=O) groups is 3. The third kappa shape index (κ3) is 7.66. The maximum atomic E-state index is 12.8. The van der Waals surface area contributed by atoms with Gasteiger partial charge in [-0.15, -0.1) is 0 Å². The summed E-state index contributed by atoms with van der Waals surface area (Å²) >= 11 is 0. The number of amides is 1. The van der Waals surface area contributed by atoms with E-state index in [0.29, 0.717) is 0 Å². The zero-order chi connectivity index (χ0) is 31.9. The van der Waals surface area contributed by atoms with Gasteiger partial charge in [-0.3, -0.25) is 14.4 Å². The molecule has 14 nitrogen and oxygen atoms in total. The molecule has 1 amide bonds. The van der Waals surface area contributed by atoms with Crippen LogP contribution < -0.4 is 11.5 Å². The highest BCUT2D eigenvalue weighted by Gasteiger charge is 2.59. The predicted molar refractivity (Wildman–Crippen MR) is 155 cm³/mol. The van der Waals surface area contributed by atoms with E-state index < -0.39 is 53.4 Å². The number of H-pyrrole nitrogens is 1. The second-order valence-electron chi connectivity index (χ2n) is 11.7. The first-order valence-electron chi connectivity index (χ1n) is 14.3. The monoisotopic (exact) mass is 602 g/mol. The number of methoxy groups -OCH3 is 1. The molecule has 2 aliphatic rings. The fraction of sp³-hybridized carbons (Fsp3) is 0.655. The summed E-state index contributed by atoms with van der Waals surface area (Å²) in [5.74, 6) is -2.05. The van der Waals surface area contributed by atoms with Gasteiger partial charge >= 0.3 is 11.9 Å². The molecule has 5 atom stereocenters. The van der Waals surface area contributed by atoms with Gasteiger partial charge in [0.1, 0.15) is 36.5 Å². The predicted octanol–water partition coefficient (Wildman–Crippen LogP) is 1.20. The highest BCUT2D eigenvalue weighted by molar-refractivity contribution is 6.08. The molecule has 2 fully saturated rings. The molecular formula is C29H42N6O8. The Morgan fingerprint density at radius 2 is 1.98 bits per heavy atom. The number of esters is 2. The van der Waals surface area contributed by atoms with Crippen LogP contribution in [0.25, 0.3) is 0 Å². The van der Waals surface area contributed by atoms with Gasteiger partial charge in [-0.05, 0) is 50.7 Å². The summed E-state index contributed by atoms with van der Waals surface area (Å²) in [7, 11) is 1.36. The number of aromatic nitrogens is 1. The summed E-state index contributed by atoms with van der Waals surface area (Å²) in [6, 6.07) is 3.87. The lowest BCUT2D eigenvalue weighted by atomic mass is 9.92. The van der Waals surface area contributed by atoms with Crippen molar-refractivity contribution in [2.75, 3.05) is 13.7 Å². The highest BCUT2D eigenvalue weighted by Crippen LogP contribution is 2.41. The van der Waals surface area contributed by atoms with E-state index in [2.05, 4.69) is 15.0 Å². The number of aliphatic hydroxyl groups is 1. The van der Waals surface area contributed by atoms with E-state index in [-0.39, 0.29) is 42.1 Å². The third-order valence-corrected chi connectivity index (χ3v) is 7.94. The van der Waals surface area contributed by atoms with E-state index in [1.165, 1.54) is 33.1 Å². The van der Waals surface area contributed by atoms with Gasteiger partial charge in [0, 0.05) is 13.5 Å². The Balaban J connectivity index is 1.93. The molecule has 3 rings (SSSR count). The van der Waals surface area contributed by atoms with Crippen LogP contribution in [-0.4, -0.2) is 83.8 Å². The number of amidine groups is 1. The number of nitriles is 1. The number of aromatic amines is 1. The first kappa shape index (κ1) is 33.9. The zero-order valence-electron chi connectivity index (χ0n) is 25.2. The molecule has 0 unspecified atom stereocenters. The molecule has 6 N–H and O–H groups in total. The molecule has 0 bridgehead atoms. The van der Waals surface area contributed by atoms with Crippen molar-refractivity contribution in [3.8, 4) is 6.07 Å². The Hall–Kier alpha value is -3.64. The molecule has 0 spiro atoms. The first-order chi connectivity index (χ1) is 20.3. The molecule has 1 aromatic heterocycles. The van der Waals surface area contributed by atoms with Gasteiger partial charge in [0.15, 0.2) is 11.9 Å². The van der Waals surface area contributed by atoms with Crippen LogP contribution in [0.4, 0.5) is 0 Å². The Morgan fingerprint density at radius 3 is 2.56 bits per heavy atom. The Morgan fingerprint density at radius 1 is 1.30 bits per heavy atom. The van der Waals surface area contributed by atoms with Crippen LogP contribution in [0.3, 0.4) is 0 Å². The molecule has 236 valence electrons. The highest BCUT2D eigenvalue weighted by atomic mass is 16.6. The average molecular weight is 603 g/mol. The number of ether oxygens (including phenoxy) is 4. The Bertz CT molecular complexity index is 1260. The van der Waals surface area contributed by atoms with Crippen LogP contribution in [0.1, 0.15) is 71.2 Å². The normalized spacial score (nSPS) is 25.7. The fourth-order valence-electron chi connectivity index (χ4n) is 4.91. The standard InChI is InChI=1S/C29H42N6O8/c1-16(2)22(32)26(38)42-23-19(13-41-21(36)12-17-8-6-7-9-17)43-29(14-30,24(23)37)20-11-10-18(34-20)25(33-15-31)35-27(39)28(3,4)40-5/h10-11,15-17,19,22-24,34,37H,6-9,12-13,32H2,1-5H3,(H2,31,33,35,39)/t19-,22+,23-,24-,29+/m1/s1. The summed E-state index contributed by atoms with van der Waals surface area (Å²) < 4.78 is 22.3. The number of rotatable bonds is 11. The summed E-state index contributed by atoms with van der Waals surface area (Å²) in [5.41, 5.74) is 8.32. The lowest BCUT2D eigenvalue weighted by molar-refractivity contribution is -0.162. The largest absolute Gasteiger partial charge is 0.463 e. The van der Waals surface area contributed by atoms with Crippen LogP contribution >= 0.6 is 0 Å². The number of nitrogens with zero attached hydrogens (tertiary/aromatic N) is 3. The van der Waals surface area contributed by atoms with E-state index >= 15 is 0 Å². The summed E-state index contributed by atoms with van der Waals surface area (Å²) in [5, 5.41) is 21.8. The van der Waals surface area contributed by atoms with Gasteiger partial charge in [-0.25, -0.2) is 4.99 Å². The van der Waals surface area contributed by atoms with Crippen molar-refractivity contribution >= 4 is 30.0 Å². The fourth-order valence-corrected chi connectivity index (χ4v) is 4.91. The number of nitrogens with one attached hydrogen (secondary N) is 1. The molecule has 1 aromatic rings. The lowest BCUT2D eigenvalue weighted by Gasteiger charge is -2.25. The minimum atomic E-state index is -2.10. The van der Waals surface area contributed by atoms with Crippen molar-refractivity contribution in [2.45, 2.75) is 95.4 Å². The third-order valence-electron chi connectivity index (χ3n) is 7.94. The number of aliphatic imine (C=N–C) groups is 2. The first-order valence-corrected chi connectivity index (χ1v) is 14.3. The molecule has 0 radical (unpaired) electrons. The molecule has 1 saturated carbocycles. The van der Waals surface area contributed by atoms with Gasteiger partial charge < -0.3 is 40.5 Å². The van der Waals surface area contributed by atoms with Gasteiger partial charge in [0.2, 0.25) is 5.60 Å². The van der Waals surface area contributed by atoms with Crippen molar-refractivity contribution in [3.05, 3.63) is 23.5 Å². The second-order valence-corrected chi connectivity index (χ2v) is 11.7. The van der Waals surface area contributed by atoms with E-state index in [1.54, 1.807) is 13.8 Å². The Kier molecular flexibility index (Phi) is 11.2. The SMILES string of the molecule is COC(C)(C)C(=O)N=C(N=CN)c1ccc([C@]2(C#N)O[C@H](COC(=O)CC3CCCC3)[C@@H](OC(=O)[C@@H](N)C(C)C)[C@H]2O)[nH]1. The van der Waals surface area contributed by atoms with E-state index in [9.17, 15) is 24.8 Å². The maximum Gasteiger partial charge on any atom is 0.323 e. The van der Waals surface area contributed by atoms with E-state index in [0.717, 1.165) is 32.0 Å². The van der Waals surface area contributed by atoms with Crippen LogP contribution in [-0.2, 0) is 38.9 Å². The number of nitrogens with two attached hydrogens (primary N) is 2. The van der Waals surface area contributed by atoms with Crippen molar-refractivity contribution in [1.82, 2.24) is 4.98 Å². The van der Waals surface area contributed by atoms with E-state index in [4.69, 9.17) is 30.4 Å². The smallest absolute Gasteiger partial charge is 0.323 e. The molecule has 2 heterocycles. The van der Waals surface area contributed by atoms with Crippen LogP contribution in [0.15, 0.2) is 22.1 Å². The lowest BCUT2D eigenvalue weighted by Crippen LogP contribution is -2.46. The average Bonchev–Trinajstić information content (AvgIpc) is 3.72. The topological polar surface area (TPSA) is 225 Å². The minimum absolute atomic E-state index is 0.0462. The van der Waals surface area contributed by atoms with Crippen LogP contribution in [0.5, 0.6) is 0 Å². The quantitative estimate of drug-likeness (QED) is 0.160. The van der Waals surface area contributed by atoms with Crippen molar-refractivity contribution in [1.29, 1.82) is 5.26 Å². The molecule has 14 heteroatoms. The number of hydrogen-bond donors (Lipinski definition) is 4. The minimum Gasteiger partial charge on any atom is -0.463 e. The molecule has 43 heavy (non-hydrogen) atoms. The van der Waals surface area contributed by atoms with Crippen LogP contribution in [0.2, 0.25) is 0 Å². The number of hydrogen-bond acceptors (Lipinski definition) is 10. The van der Waals surface area contributed by atoms with Crippen molar-refractivity contribution in [3.63, 3.8) is 0 Å². The molecule has 1 aliphatic carbocycles. The maximum absolute atomic E-state index is 12.8. The van der Waals surface area contributed by atoms with E-state index in [1.807, 2.05) is 6.07 Å². The van der Waals surface area contributed by atoms with Gasteiger partial charge in [-0.1, -0.05) is 26.7 Å². The zero-order valence-corrected chi connectivity index (χ0v) is 25.2.